The van der Waals surface area contributed by atoms with Crippen LogP contribution in [0.4, 0.5) is 4.39 Å². The Bertz CT molecular complexity index is 1070. The predicted molar refractivity (Wildman–Crippen MR) is 91.3 cm³/mol. The summed E-state index contributed by atoms with van der Waals surface area (Å²) in [7, 11) is 1.59. The number of hydrogen-bond donors (Lipinski definition) is 0. The van der Waals surface area contributed by atoms with E-state index in [0.717, 1.165) is 5.69 Å². The third kappa shape index (κ3) is 2.61. The van der Waals surface area contributed by atoms with Gasteiger partial charge in [-0.25, -0.2) is 9.07 Å². The topological polar surface area (TPSA) is 78.9 Å². The third-order valence-electron chi connectivity index (χ3n) is 3.95. The summed E-state index contributed by atoms with van der Waals surface area (Å²) in [5.74, 6) is 0.560. The Labute approximate surface area is 148 Å². The number of halogens is 1. The second kappa shape index (κ2) is 6.40. The fraction of sp³-hybridized carbons (Fsp3) is 0.111. The summed E-state index contributed by atoms with van der Waals surface area (Å²) in [5.41, 5.74) is 2.11. The zero-order valence-electron chi connectivity index (χ0n) is 14.0. The highest BCUT2D eigenvalue weighted by Crippen LogP contribution is 2.28. The van der Waals surface area contributed by atoms with Crippen LogP contribution in [-0.2, 0) is 0 Å². The predicted octanol–water partition coefficient (Wildman–Crippen LogP) is 3.44. The molecule has 130 valence electrons. The number of rotatable bonds is 4. The largest absolute Gasteiger partial charge is 0.494 e. The Morgan fingerprint density at radius 3 is 2.65 bits per heavy atom. The Balaban J connectivity index is 1.75. The summed E-state index contributed by atoms with van der Waals surface area (Å²) in [5, 5.41) is 12.1. The van der Waals surface area contributed by atoms with E-state index in [2.05, 4.69) is 20.5 Å². The Morgan fingerprint density at radius 2 is 1.85 bits per heavy atom. The van der Waals surface area contributed by atoms with Crippen molar-refractivity contribution in [3.05, 3.63) is 60.0 Å². The number of hydrogen-bond acceptors (Lipinski definition) is 6. The smallest absolute Gasteiger partial charge is 0.280 e. The van der Waals surface area contributed by atoms with Crippen LogP contribution in [0.5, 0.6) is 5.75 Å². The van der Waals surface area contributed by atoms with Gasteiger partial charge in [0.2, 0.25) is 5.82 Å². The molecule has 0 spiro atoms. The summed E-state index contributed by atoms with van der Waals surface area (Å²) in [6.07, 6.45) is 0. The van der Waals surface area contributed by atoms with Gasteiger partial charge in [-0.3, -0.25) is 0 Å². The first kappa shape index (κ1) is 15.9. The highest BCUT2D eigenvalue weighted by Gasteiger charge is 2.21. The number of aromatic nitrogens is 5. The summed E-state index contributed by atoms with van der Waals surface area (Å²) in [6, 6.07) is 13.7. The number of nitrogens with zero attached hydrogens (tertiary/aromatic N) is 5. The number of methoxy groups -OCH3 is 1. The van der Waals surface area contributed by atoms with Crippen LogP contribution in [0, 0.1) is 12.7 Å². The van der Waals surface area contributed by atoms with Crippen molar-refractivity contribution in [1.82, 2.24) is 25.1 Å². The molecule has 0 N–H and O–H groups in total. The summed E-state index contributed by atoms with van der Waals surface area (Å²) >= 11 is 0. The molecule has 2 heterocycles. The molecule has 0 radical (unpaired) electrons. The lowest BCUT2D eigenvalue weighted by atomic mass is 10.2. The van der Waals surface area contributed by atoms with Crippen molar-refractivity contribution < 1.29 is 13.7 Å². The van der Waals surface area contributed by atoms with Crippen molar-refractivity contribution in [3.8, 4) is 34.4 Å². The average molecular weight is 351 g/mol. The molecule has 4 aromatic rings. The minimum Gasteiger partial charge on any atom is -0.494 e. The van der Waals surface area contributed by atoms with Crippen molar-refractivity contribution in [3.63, 3.8) is 0 Å². The van der Waals surface area contributed by atoms with Gasteiger partial charge in [0.05, 0.1) is 18.4 Å². The summed E-state index contributed by atoms with van der Waals surface area (Å²) < 4.78 is 26.2. The van der Waals surface area contributed by atoms with Crippen LogP contribution < -0.4 is 4.74 Å². The van der Waals surface area contributed by atoms with Crippen molar-refractivity contribution in [1.29, 1.82) is 0 Å². The maximum atomic E-state index is 13.9. The lowest BCUT2D eigenvalue weighted by Crippen LogP contribution is -2.01. The molecule has 7 nitrogen and oxygen atoms in total. The van der Waals surface area contributed by atoms with Gasteiger partial charge in [-0.05, 0) is 31.2 Å². The molecule has 0 saturated heterocycles. The fourth-order valence-electron chi connectivity index (χ4n) is 2.63. The normalized spacial score (nSPS) is 10.9. The standard InChI is InChI=1S/C18H14FN5O2/c1-11-16(21-23-24(11)14-9-5-6-10-15(14)25-2)18-20-17(22-26-18)12-7-3-4-8-13(12)19/h3-10H,1-2H3. The molecule has 0 fully saturated rings. The van der Waals surface area contributed by atoms with E-state index in [4.69, 9.17) is 9.26 Å². The number of ether oxygens (including phenoxy) is 1. The Kier molecular flexibility index (Phi) is 3.92. The van der Waals surface area contributed by atoms with Gasteiger partial charge in [-0.15, -0.1) is 5.10 Å². The number of para-hydroxylation sites is 2. The SMILES string of the molecule is COc1ccccc1-n1nnc(-c2nc(-c3ccccc3F)no2)c1C. The molecule has 0 saturated carbocycles. The van der Waals surface area contributed by atoms with Gasteiger partial charge in [-0.1, -0.05) is 34.6 Å². The lowest BCUT2D eigenvalue weighted by Gasteiger charge is -2.08. The van der Waals surface area contributed by atoms with E-state index in [1.54, 1.807) is 30.0 Å². The van der Waals surface area contributed by atoms with Gasteiger partial charge in [-0.2, -0.15) is 4.98 Å². The van der Waals surface area contributed by atoms with Gasteiger partial charge >= 0.3 is 0 Å². The van der Waals surface area contributed by atoms with Crippen molar-refractivity contribution in [2.75, 3.05) is 7.11 Å². The minimum absolute atomic E-state index is 0.157. The first-order valence-electron chi connectivity index (χ1n) is 7.83. The second-order valence-corrected chi connectivity index (χ2v) is 5.51. The lowest BCUT2D eigenvalue weighted by molar-refractivity contribution is 0.411. The number of benzene rings is 2. The molecular weight excluding hydrogens is 337 g/mol. The highest BCUT2D eigenvalue weighted by atomic mass is 19.1. The minimum atomic E-state index is -0.422. The molecular formula is C18H14FN5O2. The molecule has 8 heteroatoms. The molecule has 0 aliphatic rings. The van der Waals surface area contributed by atoms with Crippen LogP contribution in [0.3, 0.4) is 0 Å². The molecule has 2 aromatic heterocycles. The van der Waals surface area contributed by atoms with Crippen LogP contribution in [0.15, 0.2) is 53.1 Å². The zero-order valence-corrected chi connectivity index (χ0v) is 14.0. The van der Waals surface area contributed by atoms with Gasteiger partial charge < -0.3 is 9.26 Å². The fourth-order valence-corrected chi connectivity index (χ4v) is 2.63. The van der Waals surface area contributed by atoms with Crippen LogP contribution in [-0.4, -0.2) is 32.2 Å². The average Bonchev–Trinajstić information content (AvgIpc) is 3.29. The van der Waals surface area contributed by atoms with E-state index in [1.165, 1.54) is 6.07 Å². The molecule has 0 unspecified atom stereocenters. The molecule has 0 atom stereocenters. The van der Waals surface area contributed by atoms with Crippen molar-refractivity contribution in [2.24, 2.45) is 0 Å². The van der Waals surface area contributed by atoms with E-state index < -0.39 is 5.82 Å². The van der Waals surface area contributed by atoms with Crippen LogP contribution in [0.25, 0.3) is 28.7 Å². The van der Waals surface area contributed by atoms with Crippen LogP contribution in [0.2, 0.25) is 0 Å². The highest BCUT2D eigenvalue weighted by molar-refractivity contribution is 5.60. The maximum absolute atomic E-state index is 13.9. The van der Waals surface area contributed by atoms with Gasteiger partial charge in [0.15, 0.2) is 5.69 Å². The van der Waals surface area contributed by atoms with Gasteiger partial charge in [0, 0.05) is 0 Å². The zero-order chi connectivity index (χ0) is 18.1. The Morgan fingerprint density at radius 1 is 1.08 bits per heavy atom. The van der Waals surface area contributed by atoms with E-state index in [0.29, 0.717) is 17.1 Å². The molecule has 0 bridgehead atoms. The second-order valence-electron chi connectivity index (χ2n) is 5.51. The van der Waals surface area contributed by atoms with E-state index in [1.807, 2.05) is 31.2 Å². The summed E-state index contributed by atoms with van der Waals surface area (Å²) in [6.45, 7) is 1.83. The van der Waals surface area contributed by atoms with Crippen LogP contribution in [0.1, 0.15) is 5.69 Å². The van der Waals surface area contributed by atoms with Crippen molar-refractivity contribution in [2.45, 2.75) is 6.92 Å². The van der Waals surface area contributed by atoms with E-state index in [-0.39, 0.29) is 17.3 Å². The summed E-state index contributed by atoms with van der Waals surface area (Å²) in [4.78, 5) is 4.26. The monoisotopic (exact) mass is 351 g/mol. The molecule has 0 aliphatic carbocycles. The van der Waals surface area contributed by atoms with Crippen LogP contribution >= 0.6 is 0 Å². The van der Waals surface area contributed by atoms with Gasteiger partial charge in [0.25, 0.3) is 5.89 Å². The first-order valence-corrected chi connectivity index (χ1v) is 7.83. The molecule has 2 aromatic carbocycles. The van der Waals surface area contributed by atoms with E-state index in [9.17, 15) is 4.39 Å². The maximum Gasteiger partial charge on any atom is 0.280 e. The van der Waals surface area contributed by atoms with E-state index >= 15 is 0 Å². The van der Waals surface area contributed by atoms with Crippen molar-refractivity contribution >= 4 is 0 Å². The molecule has 0 amide bonds. The quantitative estimate of drug-likeness (QED) is 0.560. The molecule has 4 rings (SSSR count). The third-order valence-corrected chi connectivity index (χ3v) is 3.95. The van der Waals surface area contributed by atoms with Gasteiger partial charge in [0.1, 0.15) is 17.3 Å². The molecule has 0 aliphatic heterocycles. The Hall–Kier alpha value is -3.55. The molecule has 26 heavy (non-hydrogen) atoms. The first-order chi connectivity index (χ1) is 12.7.